The van der Waals surface area contributed by atoms with Crippen LogP contribution in [0.3, 0.4) is 0 Å². The number of anilines is 1. The molecule has 1 fully saturated rings. The molecule has 0 aliphatic carbocycles. The van der Waals surface area contributed by atoms with Crippen molar-refractivity contribution in [3.05, 3.63) is 86.5 Å². The Morgan fingerprint density at radius 3 is 2.20 bits per heavy atom. The molecule has 0 radical (unpaired) electrons. The fourth-order valence-electron chi connectivity index (χ4n) is 4.53. The number of halogens is 9. The number of alkyl halides is 6. The molecule has 35 heavy (non-hydrogen) atoms. The highest BCUT2D eigenvalue weighted by Crippen LogP contribution is 2.50. The first-order valence-electron chi connectivity index (χ1n) is 10.6. The Hall–Kier alpha value is -2.03. The van der Waals surface area contributed by atoms with Crippen LogP contribution < -0.4 is 4.90 Å². The van der Waals surface area contributed by atoms with E-state index in [2.05, 4.69) is 0 Å². The van der Waals surface area contributed by atoms with Crippen LogP contribution in [-0.2, 0) is 18.1 Å². The van der Waals surface area contributed by atoms with E-state index in [0.29, 0.717) is 11.7 Å². The predicted octanol–water partition coefficient (Wildman–Crippen LogP) is 8.17. The molecular formula is C24H19Cl3F6N2. The van der Waals surface area contributed by atoms with Crippen LogP contribution in [0.2, 0.25) is 10.0 Å². The van der Waals surface area contributed by atoms with E-state index in [-0.39, 0.29) is 46.4 Å². The lowest BCUT2D eigenvalue weighted by atomic mass is 9.79. The molecule has 1 unspecified atom stereocenters. The highest BCUT2D eigenvalue weighted by molar-refractivity contribution is 6.34. The first-order valence-corrected chi connectivity index (χ1v) is 11.7. The van der Waals surface area contributed by atoms with Crippen molar-refractivity contribution >= 4 is 40.5 Å². The largest absolute Gasteiger partial charge is 0.416 e. The smallest absolute Gasteiger partial charge is 0.370 e. The van der Waals surface area contributed by atoms with Crippen LogP contribution in [0.25, 0.3) is 0 Å². The van der Waals surface area contributed by atoms with Crippen molar-refractivity contribution < 1.29 is 26.3 Å². The molecule has 2 aliphatic rings. The number of benzene rings is 2. The van der Waals surface area contributed by atoms with Gasteiger partial charge in [0.1, 0.15) is 10.6 Å². The van der Waals surface area contributed by atoms with E-state index in [1.165, 1.54) is 35.2 Å². The average Bonchev–Trinajstić information content (AvgIpc) is 3.21. The van der Waals surface area contributed by atoms with Crippen molar-refractivity contribution in [1.82, 2.24) is 4.90 Å². The highest BCUT2D eigenvalue weighted by atomic mass is 35.5. The SMILES string of the molecule is FC(F)(F)c1cc(N2CCC(c3cc(Cl)cc(Cl)c3)(C(F)(F)F)C2)ccc1CN1CC=CC=C1Cl. The van der Waals surface area contributed by atoms with Gasteiger partial charge in [-0.25, -0.2) is 0 Å². The minimum atomic E-state index is -4.70. The minimum Gasteiger partial charge on any atom is -0.370 e. The quantitative estimate of drug-likeness (QED) is 0.277. The van der Waals surface area contributed by atoms with Crippen LogP contribution in [0.4, 0.5) is 32.0 Å². The van der Waals surface area contributed by atoms with E-state index in [9.17, 15) is 26.3 Å². The monoisotopic (exact) mass is 554 g/mol. The lowest BCUT2D eigenvalue weighted by Crippen LogP contribution is -2.45. The first kappa shape index (κ1) is 26.0. The molecule has 1 atom stereocenters. The Labute approximate surface area is 213 Å². The second-order valence-corrected chi connectivity index (χ2v) is 9.81. The van der Waals surface area contributed by atoms with Gasteiger partial charge in [-0.1, -0.05) is 53.0 Å². The van der Waals surface area contributed by atoms with Crippen molar-refractivity contribution in [3.63, 3.8) is 0 Å². The molecule has 11 heteroatoms. The maximum absolute atomic E-state index is 14.4. The Bertz CT molecular complexity index is 1150. The van der Waals surface area contributed by atoms with E-state index in [1.54, 1.807) is 23.1 Å². The summed E-state index contributed by atoms with van der Waals surface area (Å²) in [7, 11) is 0. The lowest BCUT2D eigenvalue weighted by molar-refractivity contribution is -0.184. The molecule has 2 aromatic rings. The van der Waals surface area contributed by atoms with Crippen LogP contribution in [0.1, 0.15) is 23.1 Å². The van der Waals surface area contributed by atoms with Crippen molar-refractivity contribution in [2.75, 3.05) is 24.5 Å². The van der Waals surface area contributed by atoms with Crippen LogP contribution in [0.15, 0.2) is 59.8 Å². The van der Waals surface area contributed by atoms with Gasteiger partial charge >= 0.3 is 12.4 Å². The van der Waals surface area contributed by atoms with Gasteiger partial charge in [0.25, 0.3) is 0 Å². The van der Waals surface area contributed by atoms with Crippen LogP contribution >= 0.6 is 34.8 Å². The Kier molecular flexibility index (Phi) is 7.03. The zero-order chi connectivity index (χ0) is 25.6. The van der Waals surface area contributed by atoms with Crippen molar-refractivity contribution in [3.8, 4) is 0 Å². The zero-order valence-electron chi connectivity index (χ0n) is 18.0. The Morgan fingerprint density at radius 1 is 0.914 bits per heavy atom. The van der Waals surface area contributed by atoms with Gasteiger partial charge in [-0.3, -0.25) is 0 Å². The molecule has 0 amide bonds. The molecule has 2 nitrogen and oxygen atoms in total. The maximum Gasteiger partial charge on any atom is 0.416 e. The van der Waals surface area contributed by atoms with Crippen LogP contribution in [0.5, 0.6) is 0 Å². The molecule has 0 saturated carbocycles. The summed E-state index contributed by atoms with van der Waals surface area (Å²) in [6.07, 6.45) is -4.68. The standard InChI is InChI=1S/C24H19Cl3F6N2/c25-17-9-16(10-18(26)11-17)22(24(31,32)33)6-8-35(14-22)19-5-4-15(20(12-19)23(28,29)30)13-34-7-2-1-3-21(34)27/h1-5,9-12H,6-8,13-14H2. The lowest BCUT2D eigenvalue weighted by Gasteiger charge is -2.33. The third-order valence-corrected chi connectivity index (χ3v) is 7.15. The summed E-state index contributed by atoms with van der Waals surface area (Å²) in [4.78, 5) is 2.89. The first-order chi connectivity index (χ1) is 16.3. The van der Waals surface area contributed by atoms with E-state index in [1.807, 2.05) is 0 Å². The van der Waals surface area contributed by atoms with E-state index in [4.69, 9.17) is 34.8 Å². The summed E-state index contributed by atoms with van der Waals surface area (Å²) in [6.45, 7) is -0.403. The molecule has 0 spiro atoms. The number of allylic oxidation sites excluding steroid dienone is 2. The number of hydrogen-bond donors (Lipinski definition) is 0. The van der Waals surface area contributed by atoms with Gasteiger partial charge in [0.15, 0.2) is 0 Å². The molecule has 4 rings (SSSR count). The summed E-state index contributed by atoms with van der Waals surface area (Å²) in [5.41, 5.74) is -3.31. The minimum absolute atomic E-state index is 0.0222. The summed E-state index contributed by atoms with van der Waals surface area (Å²) in [5, 5.41) is 0.413. The molecular weight excluding hydrogens is 537 g/mol. The summed E-state index contributed by atoms with van der Waals surface area (Å²) in [6, 6.07) is 7.36. The fourth-order valence-corrected chi connectivity index (χ4v) is 5.26. The van der Waals surface area contributed by atoms with E-state index in [0.717, 1.165) is 6.07 Å². The van der Waals surface area contributed by atoms with Crippen LogP contribution in [0, 0.1) is 0 Å². The van der Waals surface area contributed by atoms with Gasteiger partial charge in [-0.2, -0.15) is 26.3 Å². The molecule has 188 valence electrons. The normalized spacial score (nSPS) is 21.0. The molecule has 0 bridgehead atoms. The van der Waals surface area contributed by atoms with Crippen molar-refractivity contribution in [1.29, 1.82) is 0 Å². The van der Waals surface area contributed by atoms with Gasteiger partial charge in [-0.15, -0.1) is 0 Å². The van der Waals surface area contributed by atoms with Gasteiger partial charge < -0.3 is 9.80 Å². The topological polar surface area (TPSA) is 6.48 Å². The van der Waals surface area contributed by atoms with Crippen molar-refractivity contribution in [2.45, 2.75) is 30.7 Å². The molecule has 2 aliphatic heterocycles. The third-order valence-electron chi connectivity index (χ3n) is 6.35. The molecule has 0 N–H and O–H groups in total. The molecule has 2 heterocycles. The van der Waals surface area contributed by atoms with Gasteiger partial charge in [0, 0.05) is 41.9 Å². The zero-order valence-corrected chi connectivity index (χ0v) is 20.3. The average molecular weight is 556 g/mol. The summed E-state index contributed by atoms with van der Waals surface area (Å²) in [5.74, 6) is 0. The molecule has 0 aromatic heterocycles. The predicted molar refractivity (Wildman–Crippen MR) is 126 cm³/mol. The van der Waals surface area contributed by atoms with Gasteiger partial charge in [0.2, 0.25) is 0 Å². The van der Waals surface area contributed by atoms with Crippen molar-refractivity contribution in [2.24, 2.45) is 0 Å². The number of nitrogens with zero attached hydrogens (tertiary/aromatic N) is 2. The third kappa shape index (κ3) is 5.25. The second kappa shape index (κ2) is 9.45. The van der Waals surface area contributed by atoms with E-state index >= 15 is 0 Å². The van der Waals surface area contributed by atoms with Crippen LogP contribution in [-0.4, -0.2) is 30.7 Å². The number of rotatable bonds is 4. The van der Waals surface area contributed by atoms with E-state index < -0.39 is 29.9 Å². The second-order valence-electron chi connectivity index (χ2n) is 8.55. The van der Waals surface area contributed by atoms with Gasteiger partial charge in [0.05, 0.1) is 5.56 Å². The molecule has 1 saturated heterocycles. The van der Waals surface area contributed by atoms with Gasteiger partial charge in [-0.05, 0) is 54.0 Å². The fraction of sp³-hybridized carbons (Fsp3) is 0.333. The summed E-state index contributed by atoms with van der Waals surface area (Å²) >= 11 is 18.0. The highest BCUT2D eigenvalue weighted by Gasteiger charge is 2.59. The molecule has 2 aromatic carbocycles. The maximum atomic E-state index is 14.4. The summed E-state index contributed by atoms with van der Waals surface area (Å²) < 4.78 is 84.9. The Balaban J connectivity index is 1.68. The Morgan fingerprint density at radius 2 is 1.60 bits per heavy atom. The number of hydrogen-bond acceptors (Lipinski definition) is 2.